The Morgan fingerprint density at radius 3 is 2.83 bits per heavy atom. The van der Waals surface area contributed by atoms with Gasteiger partial charge in [-0.05, 0) is 26.3 Å². The first-order valence-corrected chi connectivity index (χ1v) is 7.20. The van der Waals surface area contributed by atoms with E-state index in [1.807, 2.05) is 10.9 Å². The molecule has 0 radical (unpaired) electrons. The molecule has 2 rings (SSSR count). The van der Waals surface area contributed by atoms with Gasteiger partial charge in [0.05, 0.1) is 12.2 Å². The van der Waals surface area contributed by atoms with Crippen LogP contribution in [-0.4, -0.2) is 34.3 Å². The summed E-state index contributed by atoms with van der Waals surface area (Å²) in [5.41, 5.74) is 7.24. The Balaban J connectivity index is 2.05. The zero-order chi connectivity index (χ0) is 13.0. The minimum Gasteiger partial charge on any atom is -0.329 e. The summed E-state index contributed by atoms with van der Waals surface area (Å²) in [6.45, 7) is 3.83. The van der Waals surface area contributed by atoms with Crippen LogP contribution in [0, 0.1) is 0 Å². The minimum absolute atomic E-state index is 0.318. The van der Waals surface area contributed by atoms with Gasteiger partial charge in [0.1, 0.15) is 0 Å². The van der Waals surface area contributed by atoms with E-state index in [4.69, 9.17) is 5.73 Å². The SMILES string of the molecule is CCCn1cc(C(CN)N(C)C2CCCC2)cn1. The van der Waals surface area contributed by atoms with Crippen molar-refractivity contribution in [2.75, 3.05) is 13.6 Å². The molecular formula is C14H26N4. The fraction of sp³-hybridized carbons (Fsp3) is 0.786. The fourth-order valence-electron chi connectivity index (χ4n) is 3.01. The van der Waals surface area contributed by atoms with E-state index >= 15 is 0 Å². The molecule has 18 heavy (non-hydrogen) atoms. The summed E-state index contributed by atoms with van der Waals surface area (Å²) in [6.07, 6.45) is 10.6. The van der Waals surface area contributed by atoms with Gasteiger partial charge < -0.3 is 5.73 Å². The number of hydrogen-bond donors (Lipinski definition) is 1. The highest BCUT2D eigenvalue weighted by molar-refractivity contribution is 5.11. The molecule has 4 nitrogen and oxygen atoms in total. The number of aromatic nitrogens is 2. The van der Waals surface area contributed by atoms with E-state index < -0.39 is 0 Å². The zero-order valence-corrected chi connectivity index (χ0v) is 11.7. The van der Waals surface area contributed by atoms with Gasteiger partial charge in [0.15, 0.2) is 0 Å². The Morgan fingerprint density at radius 1 is 1.50 bits per heavy atom. The Kier molecular flexibility index (Phi) is 4.78. The first kappa shape index (κ1) is 13.6. The number of rotatable bonds is 6. The van der Waals surface area contributed by atoms with Crippen LogP contribution < -0.4 is 5.73 Å². The van der Waals surface area contributed by atoms with E-state index in [-0.39, 0.29) is 0 Å². The van der Waals surface area contributed by atoms with E-state index in [0.717, 1.165) is 13.0 Å². The molecule has 0 spiro atoms. The predicted molar refractivity (Wildman–Crippen MR) is 74.3 cm³/mol. The Hall–Kier alpha value is -0.870. The Bertz CT molecular complexity index is 354. The number of nitrogens with zero attached hydrogens (tertiary/aromatic N) is 3. The van der Waals surface area contributed by atoms with Gasteiger partial charge in [-0.2, -0.15) is 5.10 Å². The summed E-state index contributed by atoms with van der Waals surface area (Å²) in [5, 5.41) is 4.42. The number of nitrogens with two attached hydrogens (primary N) is 1. The predicted octanol–water partition coefficient (Wildman–Crippen LogP) is 2.17. The van der Waals surface area contributed by atoms with E-state index in [1.165, 1.54) is 31.2 Å². The first-order chi connectivity index (χ1) is 8.76. The number of likely N-dealkylation sites (N-methyl/N-ethyl adjacent to an activating group) is 1. The summed E-state index contributed by atoms with van der Waals surface area (Å²) >= 11 is 0. The summed E-state index contributed by atoms with van der Waals surface area (Å²) in [7, 11) is 2.21. The van der Waals surface area contributed by atoms with Crippen LogP contribution in [0.15, 0.2) is 12.4 Å². The molecule has 1 aromatic rings. The summed E-state index contributed by atoms with van der Waals surface area (Å²) in [6, 6.07) is 1.02. The zero-order valence-electron chi connectivity index (χ0n) is 11.7. The van der Waals surface area contributed by atoms with Gasteiger partial charge in [0.25, 0.3) is 0 Å². The van der Waals surface area contributed by atoms with Crippen molar-refractivity contribution in [3.63, 3.8) is 0 Å². The monoisotopic (exact) mass is 250 g/mol. The molecule has 1 aliphatic rings. The summed E-state index contributed by atoms with van der Waals surface area (Å²) in [5.74, 6) is 0. The van der Waals surface area contributed by atoms with Gasteiger partial charge in [0.2, 0.25) is 0 Å². The summed E-state index contributed by atoms with van der Waals surface area (Å²) < 4.78 is 2.03. The second-order valence-electron chi connectivity index (χ2n) is 5.39. The van der Waals surface area contributed by atoms with Crippen LogP contribution in [0.25, 0.3) is 0 Å². The molecule has 1 unspecified atom stereocenters. The van der Waals surface area contributed by atoms with Crippen molar-refractivity contribution in [1.82, 2.24) is 14.7 Å². The van der Waals surface area contributed by atoms with Gasteiger partial charge in [-0.25, -0.2) is 0 Å². The van der Waals surface area contributed by atoms with Crippen molar-refractivity contribution >= 4 is 0 Å². The molecule has 1 aromatic heterocycles. The third-order valence-corrected chi connectivity index (χ3v) is 4.11. The Labute approximate surface area is 110 Å². The van der Waals surface area contributed by atoms with Gasteiger partial charge in [0, 0.05) is 30.9 Å². The van der Waals surface area contributed by atoms with Crippen molar-refractivity contribution in [3.05, 3.63) is 18.0 Å². The molecular weight excluding hydrogens is 224 g/mol. The third kappa shape index (κ3) is 2.93. The standard InChI is InChI=1S/C14H26N4/c1-3-8-18-11-12(10-16-18)14(9-15)17(2)13-6-4-5-7-13/h10-11,13-14H,3-9,15H2,1-2H3. The van der Waals surface area contributed by atoms with Crippen molar-refractivity contribution in [2.45, 2.75) is 57.7 Å². The topological polar surface area (TPSA) is 47.1 Å². The normalized spacial score (nSPS) is 18.7. The third-order valence-electron chi connectivity index (χ3n) is 4.11. The maximum Gasteiger partial charge on any atom is 0.0538 e. The van der Waals surface area contributed by atoms with Gasteiger partial charge in [-0.3, -0.25) is 9.58 Å². The van der Waals surface area contributed by atoms with Crippen LogP contribution in [0.1, 0.15) is 50.6 Å². The lowest BCUT2D eigenvalue weighted by Gasteiger charge is -2.31. The molecule has 1 fully saturated rings. The molecule has 1 heterocycles. The maximum atomic E-state index is 5.98. The molecule has 0 saturated heterocycles. The van der Waals surface area contributed by atoms with Crippen molar-refractivity contribution in [2.24, 2.45) is 5.73 Å². The quantitative estimate of drug-likeness (QED) is 0.841. The molecule has 0 amide bonds. The highest BCUT2D eigenvalue weighted by Crippen LogP contribution is 2.29. The van der Waals surface area contributed by atoms with Crippen LogP contribution in [0.5, 0.6) is 0 Å². The van der Waals surface area contributed by atoms with Gasteiger partial charge in [-0.15, -0.1) is 0 Å². The smallest absolute Gasteiger partial charge is 0.0538 e. The van der Waals surface area contributed by atoms with Gasteiger partial charge >= 0.3 is 0 Å². The number of hydrogen-bond acceptors (Lipinski definition) is 3. The first-order valence-electron chi connectivity index (χ1n) is 7.20. The average Bonchev–Trinajstić information content (AvgIpc) is 3.01. The van der Waals surface area contributed by atoms with Crippen LogP contribution in [0.4, 0.5) is 0 Å². The van der Waals surface area contributed by atoms with Crippen LogP contribution in [0.2, 0.25) is 0 Å². The van der Waals surface area contributed by atoms with Crippen LogP contribution in [0.3, 0.4) is 0 Å². The van der Waals surface area contributed by atoms with Crippen LogP contribution >= 0.6 is 0 Å². The van der Waals surface area contributed by atoms with Crippen molar-refractivity contribution in [3.8, 4) is 0 Å². The highest BCUT2D eigenvalue weighted by Gasteiger charge is 2.26. The second kappa shape index (κ2) is 6.34. The lowest BCUT2D eigenvalue weighted by atomic mass is 10.1. The average molecular weight is 250 g/mol. The van der Waals surface area contributed by atoms with E-state index in [0.29, 0.717) is 18.6 Å². The van der Waals surface area contributed by atoms with E-state index in [9.17, 15) is 0 Å². The largest absolute Gasteiger partial charge is 0.329 e. The minimum atomic E-state index is 0.318. The van der Waals surface area contributed by atoms with Crippen LogP contribution in [-0.2, 0) is 6.54 Å². The van der Waals surface area contributed by atoms with Crippen molar-refractivity contribution in [1.29, 1.82) is 0 Å². The van der Waals surface area contributed by atoms with Gasteiger partial charge in [-0.1, -0.05) is 19.8 Å². The number of aryl methyl sites for hydroxylation is 1. The molecule has 102 valence electrons. The van der Waals surface area contributed by atoms with E-state index in [2.05, 4.69) is 30.2 Å². The summed E-state index contributed by atoms with van der Waals surface area (Å²) in [4.78, 5) is 2.46. The molecule has 0 aliphatic heterocycles. The second-order valence-corrected chi connectivity index (χ2v) is 5.39. The van der Waals surface area contributed by atoms with E-state index in [1.54, 1.807) is 0 Å². The molecule has 0 aromatic carbocycles. The molecule has 4 heteroatoms. The molecule has 1 saturated carbocycles. The molecule has 2 N–H and O–H groups in total. The highest BCUT2D eigenvalue weighted by atomic mass is 15.3. The molecule has 0 bridgehead atoms. The molecule has 1 aliphatic carbocycles. The maximum absolute atomic E-state index is 5.98. The lowest BCUT2D eigenvalue weighted by Crippen LogP contribution is -2.37. The molecule has 1 atom stereocenters. The Morgan fingerprint density at radius 2 is 2.22 bits per heavy atom. The lowest BCUT2D eigenvalue weighted by molar-refractivity contribution is 0.179. The van der Waals surface area contributed by atoms with Crippen molar-refractivity contribution < 1.29 is 0 Å². The fourth-order valence-corrected chi connectivity index (χ4v) is 3.01.